The summed E-state index contributed by atoms with van der Waals surface area (Å²) >= 11 is 0. The number of hydrogen-bond acceptors (Lipinski definition) is 5. The van der Waals surface area contributed by atoms with Crippen LogP contribution in [0.1, 0.15) is 96.8 Å². The third-order valence-corrected chi connectivity index (χ3v) is 5.74. The van der Waals surface area contributed by atoms with E-state index >= 15 is 0 Å². The van der Waals surface area contributed by atoms with E-state index in [0.717, 1.165) is 12.8 Å². The molecule has 5 nitrogen and oxygen atoms in total. The van der Waals surface area contributed by atoms with E-state index in [1.807, 2.05) is 0 Å². The largest absolute Gasteiger partial charge is 0.394 e. The van der Waals surface area contributed by atoms with Crippen LogP contribution in [0, 0.1) is 0 Å². The second kappa shape index (κ2) is 18.3. The lowest BCUT2D eigenvalue weighted by molar-refractivity contribution is -0.210. The molecule has 0 aromatic rings. The summed E-state index contributed by atoms with van der Waals surface area (Å²) in [6.07, 6.45) is 19.4. The summed E-state index contributed by atoms with van der Waals surface area (Å²) in [5.74, 6) is 0. The lowest BCUT2D eigenvalue weighted by Gasteiger charge is -2.37. The molecular weight excluding hydrogens is 368 g/mol. The molecule has 0 aromatic heterocycles. The lowest BCUT2D eigenvalue weighted by Crippen LogP contribution is -2.55. The summed E-state index contributed by atoms with van der Waals surface area (Å²) in [6, 6.07) is 0. The molecule has 0 radical (unpaired) electrons. The predicted octanol–water partition coefficient (Wildman–Crippen LogP) is 4.52. The molecule has 1 saturated heterocycles. The zero-order chi connectivity index (χ0) is 21.2. The van der Waals surface area contributed by atoms with Gasteiger partial charge in [-0.1, -0.05) is 89.7 Å². The summed E-state index contributed by atoms with van der Waals surface area (Å²) < 4.78 is 10.8. The molecule has 0 amide bonds. The van der Waals surface area contributed by atoms with Crippen LogP contribution in [0.2, 0.25) is 0 Å². The first-order chi connectivity index (χ1) is 14.2. The minimum atomic E-state index is -0.992. The molecule has 5 heteroatoms. The lowest BCUT2D eigenvalue weighted by atomic mass is 10.0. The Labute approximate surface area is 178 Å². The molecule has 3 N–H and O–H groups in total. The van der Waals surface area contributed by atoms with Crippen molar-refractivity contribution in [3.05, 3.63) is 12.2 Å². The number of aliphatic hydroxyl groups is 3. The van der Waals surface area contributed by atoms with E-state index < -0.39 is 24.4 Å². The first kappa shape index (κ1) is 26.6. The van der Waals surface area contributed by atoms with Crippen LogP contribution in [-0.4, -0.2) is 59.6 Å². The number of unbranched alkanes of at least 4 members (excludes halogenated alkanes) is 12. The second-order valence-corrected chi connectivity index (χ2v) is 8.39. The molecule has 0 unspecified atom stereocenters. The van der Waals surface area contributed by atoms with Crippen LogP contribution < -0.4 is 0 Å². The van der Waals surface area contributed by atoms with Crippen molar-refractivity contribution in [1.82, 2.24) is 0 Å². The average molecular weight is 415 g/mol. The molecule has 0 aromatic carbocycles. The summed E-state index contributed by atoms with van der Waals surface area (Å²) in [4.78, 5) is 0. The minimum Gasteiger partial charge on any atom is -0.394 e. The molecule has 0 aliphatic carbocycles. The van der Waals surface area contributed by atoms with Gasteiger partial charge in [0.2, 0.25) is 0 Å². The minimum absolute atomic E-state index is 0.0851. The monoisotopic (exact) mass is 414 g/mol. The molecule has 1 fully saturated rings. The first-order valence-electron chi connectivity index (χ1n) is 12.1. The Morgan fingerprint density at radius 2 is 1.38 bits per heavy atom. The van der Waals surface area contributed by atoms with Crippen LogP contribution in [-0.2, 0) is 9.47 Å². The highest BCUT2D eigenvalue weighted by atomic mass is 16.6. The molecule has 0 saturated carbocycles. The summed E-state index contributed by atoms with van der Waals surface area (Å²) in [6.45, 7) is 2.53. The van der Waals surface area contributed by atoms with Gasteiger partial charge in [0.05, 0.1) is 19.8 Å². The van der Waals surface area contributed by atoms with Crippen molar-refractivity contribution in [2.75, 3.05) is 19.8 Å². The van der Waals surface area contributed by atoms with Crippen LogP contribution in [0.15, 0.2) is 12.2 Å². The van der Waals surface area contributed by atoms with Gasteiger partial charge in [0.1, 0.15) is 24.4 Å². The van der Waals surface area contributed by atoms with Crippen molar-refractivity contribution >= 4 is 0 Å². The van der Waals surface area contributed by atoms with Gasteiger partial charge in [0.15, 0.2) is 0 Å². The summed E-state index contributed by atoms with van der Waals surface area (Å²) in [5.41, 5.74) is 0. The van der Waals surface area contributed by atoms with Gasteiger partial charge in [-0.3, -0.25) is 0 Å². The van der Waals surface area contributed by atoms with Gasteiger partial charge in [-0.25, -0.2) is 0 Å². The highest BCUT2D eigenvalue weighted by Crippen LogP contribution is 2.18. The Bertz CT molecular complexity index is 387. The molecule has 172 valence electrons. The maximum atomic E-state index is 10.0. The Kier molecular flexibility index (Phi) is 16.8. The van der Waals surface area contributed by atoms with Crippen molar-refractivity contribution in [3.8, 4) is 0 Å². The third kappa shape index (κ3) is 12.7. The average Bonchev–Trinajstić information content (AvgIpc) is 2.72. The molecule has 1 heterocycles. The summed E-state index contributed by atoms with van der Waals surface area (Å²) in [5, 5.41) is 29.1. The maximum absolute atomic E-state index is 10.0. The quantitative estimate of drug-likeness (QED) is 0.227. The maximum Gasteiger partial charge on any atom is 0.114 e. The van der Waals surface area contributed by atoms with Crippen molar-refractivity contribution in [1.29, 1.82) is 0 Å². The van der Waals surface area contributed by atoms with E-state index in [1.54, 1.807) is 0 Å². The number of aliphatic hydroxyl groups excluding tert-OH is 3. The van der Waals surface area contributed by atoms with Crippen LogP contribution >= 0.6 is 0 Å². The standard InChI is InChI=1S/C24H46O5/c1-2-3-4-5-6-7-8-9-10-11-12-13-14-15-16-17-18-28-24-21(26)20-29-22(19-25)23(24)27/h15-16,21-27H,2-14,17-20H2,1H3/b16-15+/t21-,22+,23+,24+/m1/s1. The molecule has 1 rings (SSSR count). The van der Waals surface area contributed by atoms with E-state index in [2.05, 4.69) is 19.1 Å². The zero-order valence-electron chi connectivity index (χ0n) is 18.6. The predicted molar refractivity (Wildman–Crippen MR) is 118 cm³/mol. The third-order valence-electron chi connectivity index (χ3n) is 5.74. The normalized spacial score (nSPS) is 25.1. The SMILES string of the molecule is CCCCCCCCCCCCCC/C=C/CCO[C@@H]1[C@@H](O)[C@H](CO)OC[C@H]1O. The van der Waals surface area contributed by atoms with Gasteiger partial charge in [0.25, 0.3) is 0 Å². The van der Waals surface area contributed by atoms with E-state index in [-0.39, 0.29) is 13.2 Å². The Balaban J connectivity index is 1.88. The molecular formula is C24H46O5. The van der Waals surface area contributed by atoms with Crippen LogP contribution in [0.3, 0.4) is 0 Å². The van der Waals surface area contributed by atoms with Gasteiger partial charge in [-0.2, -0.15) is 0 Å². The fourth-order valence-corrected chi connectivity index (χ4v) is 3.84. The molecule has 1 aliphatic heterocycles. The zero-order valence-corrected chi connectivity index (χ0v) is 18.6. The number of hydrogen-bond donors (Lipinski definition) is 3. The van der Waals surface area contributed by atoms with Gasteiger partial charge >= 0.3 is 0 Å². The number of ether oxygens (including phenoxy) is 2. The summed E-state index contributed by atoms with van der Waals surface area (Å²) in [7, 11) is 0. The smallest absolute Gasteiger partial charge is 0.114 e. The highest BCUT2D eigenvalue weighted by molar-refractivity contribution is 4.88. The van der Waals surface area contributed by atoms with E-state index in [0.29, 0.717) is 6.61 Å². The second-order valence-electron chi connectivity index (χ2n) is 8.39. The van der Waals surface area contributed by atoms with Crippen LogP contribution in [0.25, 0.3) is 0 Å². The molecule has 29 heavy (non-hydrogen) atoms. The molecule has 4 atom stereocenters. The van der Waals surface area contributed by atoms with Crippen LogP contribution in [0.4, 0.5) is 0 Å². The van der Waals surface area contributed by atoms with Gasteiger partial charge < -0.3 is 24.8 Å². The highest BCUT2D eigenvalue weighted by Gasteiger charge is 2.38. The van der Waals surface area contributed by atoms with Gasteiger partial charge in [-0.15, -0.1) is 0 Å². The van der Waals surface area contributed by atoms with Crippen molar-refractivity contribution in [2.24, 2.45) is 0 Å². The Morgan fingerprint density at radius 1 is 0.828 bits per heavy atom. The van der Waals surface area contributed by atoms with Crippen LogP contribution in [0.5, 0.6) is 0 Å². The molecule has 0 spiro atoms. The number of rotatable bonds is 18. The van der Waals surface area contributed by atoms with Crippen molar-refractivity contribution < 1.29 is 24.8 Å². The van der Waals surface area contributed by atoms with Crippen molar-refractivity contribution in [3.63, 3.8) is 0 Å². The van der Waals surface area contributed by atoms with Gasteiger partial charge in [0, 0.05) is 0 Å². The van der Waals surface area contributed by atoms with E-state index in [1.165, 1.54) is 77.0 Å². The van der Waals surface area contributed by atoms with E-state index in [4.69, 9.17) is 14.6 Å². The van der Waals surface area contributed by atoms with Gasteiger partial charge in [-0.05, 0) is 19.3 Å². The van der Waals surface area contributed by atoms with Crippen molar-refractivity contribution in [2.45, 2.75) is 121 Å². The molecule has 0 bridgehead atoms. The number of allylic oxidation sites excluding steroid dienone is 1. The fourth-order valence-electron chi connectivity index (χ4n) is 3.84. The fraction of sp³-hybridized carbons (Fsp3) is 0.917. The topological polar surface area (TPSA) is 79.2 Å². The first-order valence-corrected chi connectivity index (χ1v) is 12.1. The Hall–Kier alpha value is -0.460. The Morgan fingerprint density at radius 3 is 1.97 bits per heavy atom. The molecule has 1 aliphatic rings. The van der Waals surface area contributed by atoms with E-state index in [9.17, 15) is 10.2 Å².